The SMILES string of the molecule is Cc1nnc2ccc(-c3cccc(NC(=O)c4cccnc4Cl)c3)nn12. The highest BCUT2D eigenvalue weighted by Gasteiger charge is 2.12. The van der Waals surface area contributed by atoms with E-state index < -0.39 is 0 Å². The molecule has 0 bridgehead atoms. The van der Waals surface area contributed by atoms with E-state index in [9.17, 15) is 4.79 Å². The van der Waals surface area contributed by atoms with Crippen LogP contribution >= 0.6 is 11.6 Å². The smallest absolute Gasteiger partial charge is 0.258 e. The number of aromatic nitrogens is 5. The number of fused-ring (bicyclic) bond motifs is 1. The Morgan fingerprint density at radius 1 is 1.12 bits per heavy atom. The molecule has 1 aromatic carbocycles. The van der Waals surface area contributed by atoms with Crippen LogP contribution in [0.4, 0.5) is 5.69 Å². The second kappa shape index (κ2) is 6.53. The van der Waals surface area contributed by atoms with Crippen molar-refractivity contribution in [3.05, 3.63) is 71.3 Å². The number of benzene rings is 1. The van der Waals surface area contributed by atoms with Crippen LogP contribution in [-0.2, 0) is 0 Å². The van der Waals surface area contributed by atoms with Gasteiger partial charge >= 0.3 is 0 Å². The van der Waals surface area contributed by atoms with E-state index >= 15 is 0 Å². The highest BCUT2D eigenvalue weighted by Crippen LogP contribution is 2.22. The monoisotopic (exact) mass is 364 g/mol. The van der Waals surface area contributed by atoms with E-state index in [0.29, 0.717) is 22.7 Å². The summed E-state index contributed by atoms with van der Waals surface area (Å²) < 4.78 is 1.68. The number of hydrogen-bond acceptors (Lipinski definition) is 5. The fraction of sp³-hybridized carbons (Fsp3) is 0.0556. The molecule has 1 N–H and O–H groups in total. The van der Waals surface area contributed by atoms with Crippen LogP contribution in [0.5, 0.6) is 0 Å². The molecule has 0 unspecified atom stereocenters. The summed E-state index contributed by atoms with van der Waals surface area (Å²) in [5.74, 6) is 0.385. The number of nitrogens with zero attached hydrogens (tertiary/aromatic N) is 5. The maximum Gasteiger partial charge on any atom is 0.258 e. The fourth-order valence-corrected chi connectivity index (χ4v) is 2.77. The molecule has 3 aromatic heterocycles. The summed E-state index contributed by atoms with van der Waals surface area (Å²) in [6.45, 7) is 1.84. The third-order valence-corrected chi connectivity index (χ3v) is 4.14. The molecule has 0 spiro atoms. The number of rotatable bonds is 3. The lowest BCUT2D eigenvalue weighted by Gasteiger charge is -2.08. The summed E-state index contributed by atoms with van der Waals surface area (Å²) >= 11 is 5.98. The van der Waals surface area contributed by atoms with Gasteiger partial charge < -0.3 is 5.32 Å². The summed E-state index contributed by atoms with van der Waals surface area (Å²) in [5, 5.41) is 15.6. The minimum absolute atomic E-state index is 0.163. The zero-order valence-electron chi connectivity index (χ0n) is 13.7. The molecule has 0 saturated heterocycles. The van der Waals surface area contributed by atoms with Gasteiger partial charge in [0.05, 0.1) is 11.3 Å². The number of amides is 1. The highest BCUT2D eigenvalue weighted by atomic mass is 35.5. The van der Waals surface area contributed by atoms with Crippen molar-refractivity contribution in [3.63, 3.8) is 0 Å². The fourth-order valence-electron chi connectivity index (χ4n) is 2.56. The van der Waals surface area contributed by atoms with Crippen LogP contribution in [0.2, 0.25) is 5.15 Å². The van der Waals surface area contributed by atoms with Gasteiger partial charge in [-0.2, -0.15) is 9.61 Å². The van der Waals surface area contributed by atoms with Crippen LogP contribution in [0, 0.1) is 6.92 Å². The zero-order chi connectivity index (χ0) is 18.1. The van der Waals surface area contributed by atoms with Crippen molar-refractivity contribution in [2.75, 3.05) is 5.32 Å². The van der Waals surface area contributed by atoms with E-state index in [2.05, 4.69) is 25.6 Å². The average Bonchev–Trinajstić information content (AvgIpc) is 3.03. The minimum Gasteiger partial charge on any atom is -0.322 e. The van der Waals surface area contributed by atoms with Crippen LogP contribution in [0.25, 0.3) is 16.9 Å². The van der Waals surface area contributed by atoms with Crippen LogP contribution in [0.3, 0.4) is 0 Å². The van der Waals surface area contributed by atoms with Crippen molar-refractivity contribution >= 4 is 28.8 Å². The van der Waals surface area contributed by atoms with Gasteiger partial charge in [0.15, 0.2) is 11.5 Å². The van der Waals surface area contributed by atoms with E-state index in [1.807, 2.05) is 37.3 Å². The molecule has 128 valence electrons. The summed E-state index contributed by atoms with van der Waals surface area (Å²) in [6.07, 6.45) is 1.54. The van der Waals surface area contributed by atoms with Gasteiger partial charge in [0.25, 0.3) is 5.91 Å². The van der Waals surface area contributed by atoms with Crippen LogP contribution in [0.15, 0.2) is 54.7 Å². The second-order valence-electron chi connectivity index (χ2n) is 5.61. The molecule has 4 aromatic rings. The first kappa shape index (κ1) is 16.2. The predicted molar refractivity (Wildman–Crippen MR) is 98.2 cm³/mol. The van der Waals surface area contributed by atoms with Crippen molar-refractivity contribution in [2.24, 2.45) is 0 Å². The summed E-state index contributed by atoms with van der Waals surface area (Å²) in [4.78, 5) is 16.3. The minimum atomic E-state index is -0.321. The maximum absolute atomic E-state index is 12.4. The molecule has 0 radical (unpaired) electrons. The molecule has 1 amide bonds. The number of anilines is 1. The largest absolute Gasteiger partial charge is 0.322 e. The first-order valence-corrected chi connectivity index (χ1v) is 8.21. The van der Waals surface area contributed by atoms with Crippen molar-refractivity contribution in [1.29, 1.82) is 0 Å². The van der Waals surface area contributed by atoms with Crippen molar-refractivity contribution in [3.8, 4) is 11.3 Å². The first-order chi connectivity index (χ1) is 12.6. The predicted octanol–water partition coefficient (Wildman–Crippen LogP) is 3.40. The Morgan fingerprint density at radius 2 is 2.00 bits per heavy atom. The molecule has 0 atom stereocenters. The molecule has 8 heteroatoms. The Morgan fingerprint density at radius 3 is 2.85 bits per heavy atom. The lowest BCUT2D eigenvalue weighted by Crippen LogP contribution is -2.12. The Labute approximate surface area is 153 Å². The molecule has 0 fully saturated rings. The van der Waals surface area contributed by atoms with Crippen LogP contribution in [-0.4, -0.2) is 30.7 Å². The Kier molecular flexibility index (Phi) is 4.06. The Balaban J connectivity index is 1.64. The standard InChI is InChI=1S/C18H13ClN6O/c1-11-22-23-16-8-7-15(24-25(11)16)12-4-2-5-13(10-12)21-18(26)14-6-3-9-20-17(14)19/h2-10H,1H3,(H,21,26). The van der Waals surface area contributed by atoms with Gasteiger partial charge in [-0.3, -0.25) is 4.79 Å². The number of carbonyl (C=O) groups is 1. The Bertz CT molecular complexity index is 1120. The molecule has 7 nitrogen and oxygen atoms in total. The molecule has 0 aliphatic rings. The molecule has 26 heavy (non-hydrogen) atoms. The van der Waals surface area contributed by atoms with Gasteiger partial charge in [0, 0.05) is 17.4 Å². The van der Waals surface area contributed by atoms with Crippen molar-refractivity contribution in [1.82, 2.24) is 24.8 Å². The molecule has 4 rings (SSSR count). The number of halogens is 1. The number of carbonyl (C=O) groups excluding carboxylic acids is 1. The normalized spacial score (nSPS) is 10.8. The number of nitrogens with one attached hydrogen (secondary N) is 1. The summed E-state index contributed by atoms with van der Waals surface area (Å²) in [7, 11) is 0. The van der Waals surface area contributed by atoms with Gasteiger partial charge in [-0.15, -0.1) is 10.2 Å². The average molecular weight is 365 g/mol. The van der Waals surface area contributed by atoms with Gasteiger partial charge in [-0.25, -0.2) is 4.98 Å². The second-order valence-corrected chi connectivity index (χ2v) is 5.97. The van der Waals surface area contributed by atoms with Crippen LogP contribution < -0.4 is 5.32 Å². The molecule has 0 aliphatic heterocycles. The van der Waals surface area contributed by atoms with E-state index in [4.69, 9.17) is 11.6 Å². The van der Waals surface area contributed by atoms with Gasteiger partial charge in [0.2, 0.25) is 0 Å². The van der Waals surface area contributed by atoms with E-state index in [1.165, 1.54) is 6.20 Å². The van der Waals surface area contributed by atoms with E-state index in [-0.39, 0.29) is 11.1 Å². The molecule has 0 saturated carbocycles. The lowest BCUT2D eigenvalue weighted by atomic mass is 10.1. The van der Waals surface area contributed by atoms with Crippen LogP contribution in [0.1, 0.15) is 16.2 Å². The lowest BCUT2D eigenvalue weighted by molar-refractivity contribution is 0.102. The summed E-state index contributed by atoms with van der Waals surface area (Å²) in [5.41, 5.74) is 3.24. The quantitative estimate of drug-likeness (QED) is 0.563. The first-order valence-electron chi connectivity index (χ1n) is 7.83. The Hall–Kier alpha value is -3.32. The topological polar surface area (TPSA) is 85.1 Å². The highest BCUT2D eigenvalue weighted by molar-refractivity contribution is 6.33. The third-order valence-electron chi connectivity index (χ3n) is 3.84. The zero-order valence-corrected chi connectivity index (χ0v) is 14.5. The molecule has 0 aliphatic carbocycles. The maximum atomic E-state index is 12.4. The number of pyridine rings is 1. The van der Waals surface area contributed by atoms with Gasteiger partial charge in [-0.1, -0.05) is 23.7 Å². The number of aryl methyl sites for hydroxylation is 1. The molecule has 3 heterocycles. The summed E-state index contributed by atoms with van der Waals surface area (Å²) in [6, 6.07) is 14.4. The van der Waals surface area contributed by atoms with E-state index in [0.717, 1.165) is 11.3 Å². The van der Waals surface area contributed by atoms with Gasteiger partial charge in [-0.05, 0) is 43.3 Å². The van der Waals surface area contributed by atoms with Crippen molar-refractivity contribution in [2.45, 2.75) is 6.92 Å². The molecular weight excluding hydrogens is 352 g/mol. The van der Waals surface area contributed by atoms with E-state index in [1.54, 1.807) is 22.7 Å². The molecular formula is C18H13ClN6O. The third kappa shape index (κ3) is 3.00. The van der Waals surface area contributed by atoms with Crippen molar-refractivity contribution < 1.29 is 4.79 Å². The number of hydrogen-bond donors (Lipinski definition) is 1. The van der Waals surface area contributed by atoms with Gasteiger partial charge in [0.1, 0.15) is 5.15 Å².